The molecule has 2 N–H and O–H groups in total. The number of aromatic nitrogens is 2. The van der Waals surface area contributed by atoms with Crippen LogP contribution < -0.4 is 5.32 Å². The number of hydrogen-bond acceptors (Lipinski definition) is 3. The molecule has 2 rings (SSSR count). The van der Waals surface area contributed by atoms with Crippen molar-refractivity contribution in [2.75, 3.05) is 5.32 Å². The molecule has 0 fully saturated rings. The third-order valence-corrected chi connectivity index (χ3v) is 2.77. The van der Waals surface area contributed by atoms with Crippen LogP contribution >= 0.6 is 0 Å². The smallest absolute Gasteiger partial charge is 0.101 e. The van der Waals surface area contributed by atoms with Crippen LogP contribution in [0.1, 0.15) is 29.7 Å². The van der Waals surface area contributed by atoms with Crippen LogP contribution in [0.5, 0.6) is 0 Å². The first-order valence-electron chi connectivity index (χ1n) is 5.47. The third-order valence-electron chi connectivity index (χ3n) is 2.77. The number of nitrogens with zero attached hydrogens (tertiary/aromatic N) is 2. The number of nitrogens with one attached hydrogen (secondary N) is 2. The number of nitriles is 1. The van der Waals surface area contributed by atoms with E-state index in [9.17, 15) is 0 Å². The Bertz CT molecular complexity index is 537. The molecule has 1 heterocycles. The van der Waals surface area contributed by atoms with Gasteiger partial charge in [-0.15, -0.1) is 0 Å². The van der Waals surface area contributed by atoms with Crippen molar-refractivity contribution >= 4 is 5.69 Å². The van der Waals surface area contributed by atoms with E-state index in [4.69, 9.17) is 5.26 Å². The summed E-state index contributed by atoms with van der Waals surface area (Å²) in [5.74, 6) is 0. The monoisotopic (exact) mass is 226 g/mol. The molecule has 17 heavy (non-hydrogen) atoms. The van der Waals surface area contributed by atoms with Crippen molar-refractivity contribution in [1.29, 1.82) is 5.26 Å². The van der Waals surface area contributed by atoms with Gasteiger partial charge in [0.2, 0.25) is 0 Å². The number of hydrogen-bond donors (Lipinski definition) is 2. The van der Waals surface area contributed by atoms with Crippen molar-refractivity contribution in [3.8, 4) is 6.07 Å². The largest absolute Gasteiger partial charge is 0.377 e. The maximum atomic E-state index is 9.08. The Labute approximate surface area is 100 Å². The Kier molecular flexibility index (Phi) is 3.10. The number of H-pyrrole nitrogens is 1. The molecule has 1 atom stereocenters. The Morgan fingerprint density at radius 2 is 2.29 bits per heavy atom. The number of para-hydroxylation sites is 1. The molecule has 4 heteroatoms. The maximum absolute atomic E-state index is 9.08. The van der Waals surface area contributed by atoms with Gasteiger partial charge in [-0.3, -0.25) is 5.10 Å². The van der Waals surface area contributed by atoms with Gasteiger partial charge in [0.1, 0.15) is 6.07 Å². The first-order chi connectivity index (χ1) is 8.22. The molecule has 0 bridgehead atoms. The first kappa shape index (κ1) is 11.2. The van der Waals surface area contributed by atoms with E-state index in [1.54, 1.807) is 6.20 Å². The standard InChI is InChI=1S/C13H14N4/c1-9-4-3-5-11(6-14)13(9)17-10(2)12-7-15-16-8-12/h3-5,7-8,10,17H,1-2H3,(H,15,16). The summed E-state index contributed by atoms with van der Waals surface area (Å²) in [6.07, 6.45) is 3.63. The minimum Gasteiger partial charge on any atom is -0.377 e. The lowest BCUT2D eigenvalue weighted by Gasteiger charge is -2.16. The zero-order chi connectivity index (χ0) is 12.3. The lowest BCUT2D eigenvalue weighted by molar-refractivity contribution is 0.883. The second-order valence-electron chi connectivity index (χ2n) is 4.01. The fourth-order valence-electron chi connectivity index (χ4n) is 1.75. The van der Waals surface area contributed by atoms with Crippen LogP contribution in [0.4, 0.5) is 5.69 Å². The third kappa shape index (κ3) is 2.28. The molecule has 1 unspecified atom stereocenters. The average molecular weight is 226 g/mol. The highest BCUT2D eigenvalue weighted by Crippen LogP contribution is 2.24. The van der Waals surface area contributed by atoms with Crippen molar-refractivity contribution in [2.45, 2.75) is 19.9 Å². The fourth-order valence-corrected chi connectivity index (χ4v) is 1.75. The number of anilines is 1. The summed E-state index contributed by atoms with van der Waals surface area (Å²) in [5.41, 5.74) is 3.69. The number of aromatic amines is 1. The lowest BCUT2D eigenvalue weighted by Crippen LogP contribution is -2.08. The van der Waals surface area contributed by atoms with Crippen molar-refractivity contribution < 1.29 is 0 Å². The summed E-state index contributed by atoms with van der Waals surface area (Å²) in [4.78, 5) is 0. The van der Waals surface area contributed by atoms with Crippen LogP contribution in [-0.4, -0.2) is 10.2 Å². The molecule has 0 aliphatic carbocycles. The van der Waals surface area contributed by atoms with E-state index in [1.807, 2.05) is 38.2 Å². The van der Waals surface area contributed by atoms with E-state index in [2.05, 4.69) is 21.6 Å². The summed E-state index contributed by atoms with van der Waals surface area (Å²) in [7, 11) is 0. The number of rotatable bonds is 3. The molecular formula is C13H14N4. The maximum Gasteiger partial charge on any atom is 0.101 e. The zero-order valence-corrected chi connectivity index (χ0v) is 9.86. The average Bonchev–Trinajstić information content (AvgIpc) is 2.85. The molecule has 0 aliphatic heterocycles. The highest BCUT2D eigenvalue weighted by atomic mass is 15.1. The summed E-state index contributed by atoms with van der Waals surface area (Å²) < 4.78 is 0. The van der Waals surface area contributed by atoms with Crippen LogP contribution in [0, 0.1) is 18.3 Å². The SMILES string of the molecule is Cc1cccc(C#N)c1NC(C)c1cn[nH]c1. The molecule has 4 nitrogen and oxygen atoms in total. The predicted molar refractivity (Wildman–Crippen MR) is 66.5 cm³/mol. The Morgan fingerprint density at radius 1 is 1.47 bits per heavy atom. The Balaban J connectivity index is 2.28. The van der Waals surface area contributed by atoms with Crippen LogP contribution in [0.25, 0.3) is 0 Å². The summed E-state index contributed by atoms with van der Waals surface area (Å²) in [6.45, 7) is 4.03. The quantitative estimate of drug-likeness (QED) is 0.845. The van der Waals surface area contributed by atoms with E-state index < -0.39 is 0 Å². The van der Waals surface area contributed by atoms with Crippen LogP contribution in [-0.2, 0) is 0 Å². The molecule has 1 aromatic carbocycles. The fraction of sp³-hybridized carbons (Fsp3) is 0.231. The van der Waals surface area contributed by atoms with Gasteiger partial charge in [-0.05, 0) is 25.5 Å². The van der Waals surface area contributed by atoms with Gasteiger partial charge < -0.3 is 5.32 Å². The molecular weight excluding hydrogens is 212 g/mol. The van der Waals surface area contributed by atoms with Crippen molar-refractivity contribution in [1.82, 2.24) is 10.2 Å². The predicted octanol–water partition coefficient (Wildman–Crippen LogP) is 2.76. The highest BCUT2D eigenvalue weighted by molar-refractivity contribution is 5.62. The van der Waals surface area contributed by atoms with Crippen molar-refractivity contribution in [3.05, 3.63) is 47.3 Å². The van der Waals surface area contributed by atoms with Crippen molar-refractivity contribution in [3.63, 3.8) is 0 Å². The second-order valence-corrected chi connectivity index (χ2v) is 4.01. The molecule has 1 aromatic heterocycles. The first-order valence-corrected chi connectivity index (χ1v) is 5.47. The van der Waals surface area contributed by atoms with E-state index in [-0.39, 0.29) is 6.04 Å². The normalized spacial score (nSPS) is 11.8. The van der Waals surface area contributed by atoms with Crippen LogP contribution in [0.15, 0.2) is 30.6 Å². The summed E-state index contributed by atoms with van der Waals surface area (Å²) in [5, 5.41) is 19.1. The van der Waals surface area contributed by atoms with Gasteiger partial charge in [-0.2, -0.15) is 10.4 Å². The molecule has 2 aromatic rings. The summed E-state index contributed by atoms with van der Waals surface area (Å²) in [6, 6.07) is 8.01. The minimum absolute atomic E-state index is 0.113. The number of aryl methyl sites for hydroxylation is 1. The van der Waals surface area contributed by atoms with E-state index in [1.165, 1.54) is 0 Å². The van der Waals surface area contributed by atoms with Gasteiger partial charge in [0.15, 0.2) is 0 Å². The molecule has 0 amide bonds. The van der Waals surface area contributed by atoms with Gasteiger partial charge in [0, 0.05) is 11.8 Å². The zero-order valence-electron chi connectivity index (χ0n) is 9.86. The lowest BCUT2D eigenvalue weighted by atomic mass is 10.1. The molecule has 0 saturated carbocycles. The summed E-state index contributed by atoms with van der Waals surface area (Å²) >= 11 is 0. The topological polar surface area (TPSA) is 64.5 Å². The molecule has 0 saturated heterocycles. The van der Waals surface area contributed by atoms with E-state index >= 15 is 0 Å². The van der Waals surface area contributed by atoms with Crippen molar-refractivity contribution in [2.24, 2.45) is 0 Å². The van der Waals surface area contributed by atoms with Gasteiger partial charge in [-0.1, -0.05) is 12.1 Å². The Hall–Kier alpha value is -2.28. The van der Waals surface area contributed by atoms with E-state index in [0.717, 1.165) is 16.8 Å². The van der Waals surface area contributed by atoms with Gasteiger partial charge >= 0.3 is 0 Å². The van der Waals surface area contributed by atoms with Crippen LogP contribution in [0.2, 0.25) is 0 Å². The van der Waals surface area contributed by atoms with Gasteiger partial charge in [0.25, 0.3) is 0 Å². The minimum atomic E-state index is 0.113. The molecule has 0 aliphatic rings. The number of benzene rings is 1. The Morgan fingerprint density at radius 3 is 2.94 bits per heavy atom. The molecule has 86 valence electrons. The van der Waals surface area contributed by atoms with Crippen LogP contribution in [0.3, 0.4) is 0 Å². The van der Waals surface area contributed by atoms with E-state index in [0.29, 0.717) is 5.56 Å². The second kappa shape index (κ2) is 4.71. The molecule has 0 spiro atoms. The van der Waals surface area contributed by atoms with Gasteiger partial charge in [-0.25, -0.2) is 0 Å². The van der Waals surface area contributed by atoms with Gasteiger partial charge in [0.05, 0.1) is 23.5 Å². The highest BCUT2D eigenvalue weighted by Gasteiger charge is 2.10. The molecule has 0 radical (unpaired) electrons.